The number of halogens is 1. The average Bonchev–Trinajstić information content (AvgIpc) is 3.48. The van der Waals surface area contributed by atoms with Crippen molar-refractivity contribution in [2.75, 3.05) is 30.4 Å². The normalized spacial score (nSPS) is 22.8. The molecule has 2 fully saturated rings. The van der Waals surface area contributed by atoms with E-state index in [0.717, 1.165) is 65.5 Å². The van der Waals surface area contributed by atoms with E-state index in [4.69, 9.17) is 20.4 Å². The van der Waals surface area contributed by atoms with Gasteiger partial charge in [0.2, 0.25) is 0 Å². The number of nitrogens with zero attached hydrogens (tertiary/aromatic N) is 4. The van der Waals surface area contributed by atoms with Crippen molar-refractivity contribution in [3.8, 4) is 22.9 Å². The highest BCUT2D eigenvalue weighted by Crippen LogP contribution is 2.48. The second-order valence-corrected chi connectivity index (χ2v) is 9.37. The maximum absolute atomic E-state index is 14.5. The SMILES string of the molecule is CNc1cc(F)cc2c1Cc1nc(Oc3ccc(C)nc3)nc(N3CC4CC[C@H](N)[C@@H]4C3)c1-2. The zero-order valence-corrected chi connectivity index (χ0v) is 18.8. The molecule has 3 atom stereocenters. The first-order valence-electron chi connectivity index (χ1n) is 11.5. The van der Waals surface area contributed by atoms with Gasteiger partial charge in [-0.1, -0.05) is 0 Å². The standard InChI is InChI=1S/C25H27FN6O/c1-13-3-5-16(10-29-13)33-25-30-22-9-17-18(7-15(26)8-21(17)28-2)23(22)24(31-25)32-11-14-4-6-20(27)19(14)12-32/h3,5,7-8,10,14,19-20,28H,4,6,9,11-12,27H2,1-2H3/t14?,19-,20+/m1/s1. The van der Waals surface area contributed by atoms with Gasteiger partial charge in [0.05, 0.1) is 11.9 Å². The van der Waals surface area contributed by atoms with Crippen LogP contribution in [0.1, 0.15) is 29.8 Å². The fourth-order valence-electron chi connectivity index (χ4n) is 5.69. The molecule has 0 bridgehead atoms. The third kappa shape index (κ3) is 3.40. The molecule has 2 aromatic heterocycles. The maximum atomic E-state index is 14.5. The molecule has 0 radical (unpaired) electrons. The Labute approximate surface area is 192 Å². The number of pyridine rings is 1. The van der Waals surface area contributed by atoms with Crippen LogP contribution in [-0.2, 0) is 6.42 Å². The van der Waals surface area contributed by atoms with Crippen LogP contribution in [0.5, 0.6) is 11.8 Å². The molecular formula is C25H27FN6O. The lowest BCUT2D eigenvalue weighted by molar-refractivity contribution is 0.438. The molecule has 1 saturated carbocycles. The molecule has 3 N–H and O–H groups in total. The van der Waals surface area contributed by atoms with Crippen molar-refractivity contribution in [3.63, 3.8) is 0 Å². The fraction of sp³-hybridized carbons (Fsp3) is 0.400. The average molecular weight is 447 g/mol. The molecule has 3 aliphatic rings. The quantitative estimate of drug-likeness (QED) is 0.491. The number of aryl methyl sites for hydroxylation is 1. The first-order chi connectivity index (χ1) is 16.0. The van der Waals surface area contributed by atoms with E-state index in [0.29, 0.717) is 24.0 Å². The smallest absolute Gasteiger partial charge is 0.324 e. The second-order valence-electron chi connectivity index (χ2n) is 9.37. The molecule has 33 heavy (non-hydrogen) atoms. The fourth-order valence-corrected chi connectivity index (χ4v) is 5.69. The first kappa shape index (κ1) is 20.4. The minimum absolute atomic E-state index is 0.227. The third-order valence-electron chi connectivity index (χ3n) is 7.35. The van der Waals surface area contributed by atoms with E-state index in [1.807, 2.05) is 26.1 Å². The van der Waals surface area contributed by atoms with Crippen LogP contribution in [0.2, 0.25) is 0 Å². The Morgan fingerprint density at radius 1 is 1.18 bits per heavy atom. The molecule has 3 aromatic rings. The van der Waals surface area contributed by atoms with Gasteiger partial charge in [0.25, 0.3) is 0 Å². The largest absolute Gasteiger partial charge is 0.423 e. The Morgan fingerprint density at radius 3 is 2.82 bits per heavy atom. The highest BCUT2D eigenvalue weighted by atomic mass is 19.1. The van der Waals surface area contributed by atoms with Crippen molar-refractivity contribution >= 4 is 11.5 Å². The van der Waals surface area contributed by atoms with E-state index >= 15 is 0 Å². The molecule has 1 aliphatic heterocycles. The molecule has 0 spiro atoms. The molecule has 170 valence electrons. The highest BCUT2D eigenvalue weighted by Gasteiger charge is 2.43. The van der Waals surface area contributed by atoms with Gasteiger partial charge >= 0.3 is 6.01 Å². The molecule has 8 heteroatoms. The maximum Gasteiger partial charge on any atom is 0.324 e. The lowest BCUT2D eigenvalue weighted by atomic mass is 9.98. The molecule has 1 unspecified atom stereocenters. The number of fused-ring (bicyclic) bond motifs is 4. The Bertz CT molecular complexity index is 1230. The summed E-state index contributed by atoms with van der Waals surface area (Å²) in [7, 11) is 1.81. The number of benzene rings is 1. The molecular weight excluding hydrogens is 419 g/mol. The Morgan fingerprint density at radius 2 is 2.06 bits per heavy atom. The summed E-state index contributed by atoms with van der Waals surface area (Å²) in [6, 6.07) is 7.40. The zero-order valence-electron chi connectivity index (χ0n) is 18.8. The summed E-state index contributed by atoms with van der Waals surface area (Å²) in [4.78, 5) is 16.2. The molecule has 3 heterocycles. The second kappa shape index (κ2) is 7.66. The van der Waals surface area contributed by atoms with Gasteiger partial charge in [0.15, 0.2) is 0 Å². The first-order valence-corrected chi connectivity index (χ1v) is 11.5. The number of anilines is 2. The highest BCUT2D eigenvalue weighted by molar-refractivity contribution is 5.88. The van der Waals surface area contributed by atoms with E-state index in [1.165, 1.54) is 6.07 Å². The summed E-state index contributed by atoms with van der Waals surface area (Å²) in [6.07, 6.45) is 4.50. The van der Waals surface area contributed by atoms with Gasteiger partial charge in [0.1, 0.15) is 17.4 Å². The topological polar surface area (TPSA) is 89.2 Å². The van der Waals surface area contributed by atoms with Gasteiger partial charge < -0.3 is 20.7 Å². The number of hydrogen-bond acceptors (Lipinski definition) is 7. The predicted octanol–water partition coefficient (Wildman–Crippen LogP) is 3.90. The van der Waals surface area contributed by atoms with Crippen molar-refractivity contribution in [3.05, 3.63) is 53.2 Å². The molecule has 2 aliphatic carbocycles. The molecule has 1 aromatic carbocycles. The van der Waals surface area contributed by atoms with Gasteiger partial charge in [-0.3, -0.25) is 4.98 Å². The van der Waals surface area contributed by atoms with Crippen LogP contribution in [0.4, 0.5) is 15.9 Å². The summed E-state index contributed by atoms with van der Waals surface area (Å²) in [5.41, 5.74) is 11.7. The number of hydrogen-bond donors (Lipinski definition) is 2. The van der Waals surface area contributed by atoms with E-state index in [2.05, 4.69) is 15.2 Å². The number of aromatic nitrogens is 3. The van der Waals surface area contributed by atoms with Crippen molar-refractivity contribution in [1.29, 1.82) is 0 Å². The van der Waals surface area contributed by atoms with Crippen LogP contribution in [-0.4, -0.2) is 41.1 Å². The number of ether oxygens (including phenoxy) is 1. The Hall–Kier alpha value is -3.26. The lowest BCUT2D eigenvalue weighted by Crippen LogP contribution is -2.30. The number of nitrogens with two attached hydrogens (primary N) is 1. The van der Waals surface area contributed by atoms with Crippen molar-refractivity contribution in [1.82, 2.24) is 15.0 Å². The van der Waals surface area contributed by atoms with Crippen LogP contribution >= 0.6 is 0 Å². The van der Waals surface area contributed by atoms with E-state index in [-0.39, 0.29) is 17.9 Å². The predicted molar refractivity (Wildman–Crippen MR) is 125 cm³/mol. The Balaban J connectivity index is 1.45. The summed E-state index contributed by atoms with van der Waals surface area (Å²) in [6.45, 7) is 3.68. The molecule has 0 amide bonds. The van der Waals surface area contributed by atoms with Crippen LogP contribution in [0.15, 0.2) is 30.5 Å². The van der Waals surface area contributed by atoms with E-state index in [1.54, 1.807) is 12.3 Å². The van der Waals surface area contributed by atoms with E-state index in [9.17, 15) is 4.39 Å². The van der Waals surface area contributed by atoms with Gasteiger partial charge in [-0.05, 0) is 67.0 Å². The van der Waals surface area contributed by atoms with Crippen LogP contribution < -0.4 is 20.7 Å². The van der Waals surface area contributed by atoms with Crippen molar-refractivity contribution < 1.29 is 9.13 Å². The van der Waals surface area contributed by atoms with E-state index < -0.39 is 0 Å². The summed E-state index contributed by atoms with van der Waals surface area (Å²) < 4.78 is 20.5. The Kier molecular flexibility index (Phi) is 4.72. The van der Waals surface area contributed by atoms with Crippen molar-refractivity contribution in [2.24, 2.45) is 17.6 Å². The third-order valence-corrected chi connectivity index (χ3v) is 7.35. The van der Waals surface area contributed by atoms with Crippen LogP contribution in [0.25, 0.3) is 11.1 Å². The summed E-state index contributed by atoms with van der Waals surface area (Å²) in [5, 5.41) is 3.13. The van der Waals surface area contributed by atoms with Gasteiger partial charge in [-0.2, -0.15) is 9.97 Å². The minimum atomic E-state index is -0.275. The zero-order chi connectivity index (χ0) is 22.7. The summed E-state index contributed by atoms with van der Waals surface area (Å²) in [5.74, 6) is 2.15. The van der Waals surface area contributed by atoms with Gasteiger partial charge in [0, 0.05) is 49.5 Å². The molecule has 6 rings (SSSR count). The van der Waals surface area contributed by atoms with Gasteiger partial charge in [-0.15, -0.1) is 0 Å². The van der Waals surface area contributed by atoms with Crippen molar-refractivity contribution in [2.45, 2.75) is 32.2 Å². The molecule has 1 saturated heterocycles. The van der Waals surface area contributed by atoms with Gasteiger partial charge in [-0.25, -0.2) is 4.39 Å². The summed E-state index contributed by atoms with van der Waals surface area (Å²) >= 11 is 0. The lowest BCUT2D eigenvalue weighted by Gasteiger charge is -2.23. The van der Waals surface area contributed by atoms with Crippen LogP contribution in [0, 0.1) is 24.6 Å². The monoisotopic (exact) mass is 446 g/mol. The number of rotatable bonds is 4. The molecule has 7 nitrogen and oxygen atoms in total. The van der Waals surface area contributed by atoms with Crippen LogP contribution in [0.3, 0.4) is 0 Å². The number of nitrogens with one attached hydrogen (secondary N) is 1. The minimum Gasteiger partial charge on any atom is -0.423 e.